The Morgan fingerprint density at radius 1 is 0.926 bits per heavy atom. The van der Waals surface area contributed by atoms with Gasteiger partial charge >= 0.3 is 0 Å². The van der Waals surface area contributed by atoms with Crippen LogP contribution in [0, 0.1) is 0 Å². The minimum absolute atomic E-state index is 0.117. The number of nitrogens with one attached hydrogen (secondary N) is 1. The van der Waals surface area contributed by atoms with E-state index in [-0.39, 0.29) is 12.5 Å². The first-order valence-corrected chi connectivity index (χ1v) is 9.17. The van der Waals surface area contributed by atoms with Crippen LogP contribution in [0.2, 0.25) is 0 Å². The first-order chi connectivity index (χ1) is 13.2. The molecule has 0 radical (unpaired) electrons. The van der Waals surface area contributed by atoms with Crippen molar-refractivity contribution in [3.05, 3.63) is 48.5 Å². The number of anilines is 1. The maximum Gasteiger partial charge on any atom is 0.262 e. The number of methoxy groups -OCH3 is 1. The molecular weight excluding hydrogens is 344 g/mol. The van der Waals surface area contributed by atoms with Gasteiger partial charge in [-0.15, -0.1) is 0 Å². The standard InChI is InChI=1S/C21H28N2O4/c1-4-23(5-2)14-15-26-18-11-7-6-10-17(18)22-21(24)16-27-20-13-9-8-12-19(20)25-3/h6-13H,4-5,14-16H2,1-3H3,(H,22,24). The molecule has 0 saturated heterocycles. The van der Waals surface area contributed by atoms with Crippen molar-refractivity contribution in [1.82, 2.24) is 4.90 Å². The molecule has 0 aromatic heterocycles. The van der Waals surface area contributed by atoms with E-state index < -0.39 is 0 Å². The largest absolute Gasteiger partial charge is 0.493 e. The molecule has 1 N–H and O–H groups in total. The van der Waals surface area contributed by atoms with Crippen LogP contribution < -0.4 is 19.5 Å². The van der Waals surface area contributed by atoms with Gasteiger partial charge in [-0.2, -0.15) is 0 Å². The molecule has 1 amide bonds. The Morgan fingerprint density at radius 2 is 1.56 bits per heavy atom. The van der Waals surface area contributed by atoms with Crippen molar-refractivity contribution < 1.29 is 19.0 Å². The Hall–Kier alpha value is -2.73. The summed E-state index contributed by atoms with van der Waals surface area (Å²) in [6, 6.07) is 14.6. The Morgan fingerprint density at radius 3 is 2.22 bits per heavy atom. The van der Waals surface area contributed by atoms with Crippen molar-refractivity contribution >= 4 is 11.6 Å². The van der Waals surface area contributed by atoms with E-state index in [1.807, 2.05) is 36.4 Å². The van der Waals surface area contributed by atoms with E-state index in [4.69, 9.17) is 14.2 Å². The first kappa shape index (κ1) is 20.6. The van der Waals surface area contributed by atoms with Gasteiger partial charge in [-0.05, 0) is 37.4 Å². The lowest BCUT2D eigenvalue weighted by atomic mass is 10.3. The summed E-state index contributed by atoms with van der Waals surface area (Å²) < 4.78 is 16.6. The van der Waals surface area contributed by atoms with Gasteiger partial charge in [0.2, 0.25) is 0 Å². The maximum atomic E-state index is 12.3. The molecule has 6 nitrogen and oxygen atoms in total. The number of ether oxygens (including phenoxy) is 3. The monoisotopic (exact) mass is 372 g/mol. The molecule has 0 fully saturated rings. The summed E-state index contributed by atoms with van der Waals surface area (Å²) in [5, 5.41) is 2.84. The van der Waals surface area contributed by atoms with Gasteiger partial charge in [0.05, 0.1) is 12.8 Å². The maximum absolute atomic E-state index is 12.3. The molecule has 0 aliphatic heterocycles. The molecule has 2 aromatic rings. The van der Waals surface area contributed by atoms with Crippen molar-refractivity contribution in [3.8, 4) is 17.2 Å². The number of carbonyl (C=O) groups is 1. The zero-order valence-corrected chi connectivity index (χ0v) is 16.2. The van der Waals surface area contributed by atoms with Crippen LogP contribution in [0.25, 0.3) is 0 Å². The van der Waals surface area contributed by atoms with Crippen LogP contribution in [-0.2, 0) is 4.79 Å². The molecule has 0 spiro atoms. The van der Waals surface area contributed by atoms with Crippen LogP contribution in [0.3, 0.4) is 0 Å². The molecule has 2 aromatic carbocycles. The molecule has 6 heteroatoms. The second-order valence-electron chi connectivity index (χ2n) is 5.86. The van der Waals surface area contributed by atoms with Crippen LogP contribution in [-0.4, -0.2) is 50.8 Å². The summed E-state index contributed by atoms with van der Waals surface area (Å²) >= 11 is 0. The highest BCUT2D eigenvalue weighted by molar-refractivity contribution is 5.93. The molecule has 146 valence electrons. The normalized spacial score (nSPS) is 10.5. The summed E-state index contributed by atoms with van der Waals surface area (Å²) in [6.45, 7) is 7.50. The van der Waals surface area contributed by atoms with Crippen molar-refractivity contribution in [2.75, 3.05) is 45.3 Å². The Labute approximate surface area is 161 Å². The quantitative estimate of drug-likeness (QED) is 0.655. The van der Waals surface area contributed by atoms with E-state index in [0.29, 0.717) is 29.5 Å². The highest BCUT2D eigenvalue weighted by atomic mass is 16.5. The number of para-hydroxylation sites is 4. The fraction of sp³-hybridized carbons (Fsp3) is 0.381. The minimum atomic E-state index is -0.263. The average Bonchev–Trinajstić information content (AvgIpc) is 2.71. The number of hydrogen-bond donors (Lipinski definition) is 1. The highest BCUT2D eigenvalue weighted by Gasteiger charge is 2.10. The third-order valence-electron chi connectivity index (χ3n) is 4.15. The molecule has 0 bridgehead atoms. The first-order valence-electron chi connectivity index (χ1n) is 9.17. The van der Waals surface area contributed by atoms with Crippen LogP contribution in [0.5, 0.6) is 17.2 Å². The van der Waals surface area contributed by atoms with E-state index in [9.17, 15) is 4.79 Å². The third kappa shape index (κ3) is 6.49. The predicted molar refractivity (Wildman–Crippen MR) is 107 cm³/mol. The Balaban J connectivity index is 1.89. The van der Waals surface area contributed by atoms with Crippen LogP contribution in [0.4, 0.5) is 5.69 Å². The molecule has 0 aliphatic rings. The second kappa shape index (κ2) is 11.1. The van der Waals surface area contributed by atoms with Crippen molar-refractivity contribution in [2.24, 2.45) is 0 Å². The van der Waals surface area contributed by atoms with E-state index in [1.165, 1.54) is 0 Å². The number of nitrogens with zero attached hydrogens (tertiary/aromatic N) is 1. The van der Waals surface area contributed by atoms with Crippen LogP contribution in [0.15, 0.2) is 48.5 Å². The van der Waals surface area contributed by atoms with Gasteiger partial charge in [0.1, 0.15) is 12.4 Å². The molecule has 0 saturated carbocycles. The lowest BCUT2D eigenvalue weighted by Gasteiger charge is -2.19. The van der Waals surface area contributed by atoms with Gasteiger partial charge in [-0.25, -0.2) is 0 Å². The summed E-state index contributed by atoms with van der Waals surface area (Å²) in [5.41, 5.74) is 0.630. The number of hydrogen-bond acceptors (Lipinski definition) is 5. The summed E-state index contributed by atoms with van der Waals surface area (Å²) in [5.74, 6) is 1.50. The lowest BCUT2D eigenvalue weighted by Crippen LogP contribution is -2.28. The molecule has 0 heterocycles. The number of likely N-dealkylation sites (N-methyl/N-ethyl adjacent to an activating group) is 1. The van der Waals surface area contributed by atoms with Crippen molar-refractivity contribution in [2.45, 2.75) is 13.8 Å². The van der Waals surface area contributed by atoms with Crippen LogP contribution >= 0.6 is 0 Å². The summed E-state index contributed by atoms with van der Waals surface area (Å²) in [6.07, 6.45) is 0. The van der Waals surface area contributed by atoms with E-state index >= 15 is 0 Å². The van der Waals surface area contributed by atoms with Crippen molar-refractivity contribution in [1.29, 1.82) is 0 Å². The molecule has 0 atom stereocenters. The zero-order valence-electron chi connectivity index (χ0n) is 16.2. The molecule has 2 rings (SSSR count). The highest BCUT2D eigenvalue weighted by Crippen LogP contribution is 2.26. The van der Waals surface area contributed by atoms with E-state index in [0.717, 1.165) is 19.6 Å². The predicted octanol–water partition coefficient (Wildman–Crippen LogP) is 3.43. The van der Waals surface area contributed by atoms with Gasteiger partial charge in [-0.3, -0.25) is 4.79 Å². The molecule has 0 aliphatic carbocycles. The van der Waals surface area contributed by atoms with Gasteiger partial charge in [0.15, 0.2) is 18.1 Å². The Bertz CT molecular complexity index is 717. The number of rotatable bonds is 11. The summed E-state index contributed by atoms with van der Waals surface area (Å²) in [7, 11) is 1.56. The number of benzene rings is 2. The zero-order chi connectivity index (χ0) is 19.5. The van der Waals surface area contributed by atoms with Crippen molar-refractivity contribution in [3.63, 3.8) is 0 Å². The average molecular weight is 372 g/mol. The lowest BCUT2D eigenvalue weighted by molar-refractivity contribution is -0.118. The fourth-order valence-corrected chi connectivity index (χ4v) is 2.59. The van der Waals surface area contributed by atoms with Gasteiger partial charge in [0.25, 0.3) is 5.91 Å². The SMILES string of the molecule is CCN(CC)CCOc1ccccc1NC(=O)COc1ccccc1OC. The van der Waals surface area contributed by atoms with Crippen LogP contribution in [0.1, 0.15) is 13.8 Å². The van der Waals surface area contributed by atoms with Gasteiger partial charge in [-0.1, -0.05) is 38.1 Å². The third-order valence-corrected chi connectivity index (χ3v) is 4.15. The topological polar surface area (TPSA) is 60.0 Å². The molecular formula is C21H28N2O4. The molecule has 0 unspecified atom stereocenters. The summed E-state index contributed by atoms with van der Waals surface area (Å²) in [4.78, 5) is 14.6. The van der Waals surface area contributed by atoms with Gasteiger partial charge in [0, 0.05) is 6.54 Å². The second-order valence-corrected chi connectivity index (χ2v) is 5.86. The van der Waals surface area contributed by atoms with E-state index in [2.05, 4.69) is 24.1 Å². The van der Waals surface area contributed by atoms with Gasteiger partial charge < -0.3 is 24.4 Å². The fourth-order valence-electron chi connectivity index (χ4n) is 2.59. The van der Waals surface area contributed by atoms with E-state index in [1.54, 1.807) is 19.2 Å². The number of amides is 1. The number of carbonyl (C=O) groups excluding carboxylic acids is 1. The Kier molecular flexibility index (Phi) is 8.45. The smallest absolute Gasteiger partial charge is 0.262 e. The minimum Gasteiger partial charge on any atom is -0.493 e. The molecule has 27 heavy (non-hydrogen) atoms.